The molecule has 0 fully saturated rings. The summed E-state index contributed by atoms with van der Waals surface area (Å²) in [6.07, 6.45) is 18.0. The van der Waals surface area contributed by atoms with Gasteiger partial charge in [-0.25, -0.2) is 0 Å². The predicted octanol–water partition coefficient (Wildman–Crippen LogP) is 9.54. The molecule has 0 aliphatic carbocycles. The van der Waals surface area contributed by atoms with E-state index < -0.39 is 0 Å². The van der Waals surface area contributed by atoms with Gasteiger partial charge >= 0.3 is 5.97 Å². The quantitative estimate of drug-likeness (QED) is 0.0763. The molecule has 2 aromatic rings. The van der Waals surface area contributed by atoms with Crippen molar-refractivity contribution >= 4 is 5.97 Å². The Hall–Kier alpha value is -2.33. The summed E-state index contributed by atoms with van der Waals surface area (Å²) in [4.78, 5) is 12.7. The third-order valence-electron chi connectivity index (χ3n) is 8.08. The van der Waals surface area contributed by atoms with Gasteiger partial charge < -0.3 is 14.0 Å². The number of ether oxygens (including phenoxy) is 2. The highest BCUT2D eigenvalue weighted by Crippen LogP contribution is 2.23. The van der Waals surface area contributed by atoms with Crippen molar-refractivity contribution in [1.29, 1.82) is 0 Å². The SMILES string of the molecule is CCCCCCCCCCCCCCc1ccccc1OC(C)COC(=O)C(C)CC[N+](C)(C)Cc1ccccc1. The number of para-hydroxylation sites is 1. The molecule has 0 N–H and O–H groups in total. The zero-order chi connectivity index (χ0) is 29.8. The van der Waals surface area contributed by atoms with E-state index in [1.54, 1.807) is 0 Å². The van der Waals surface area contributed by atoms with Crippen molar-refractivity contribution in [2.24, 2.45) is 5.92 Å². The van der Waals surface area contributed by atoms with Crippen LogP contribution >= 0.6 is 0 Å². The van der Waals surface area contributed by atoms with Crippen molar-refractivity contribution in [2.45, 2.75) is 123 Å². The van der Waals surface area contributed by atoms with Gasteiger partial charge in [-0.3, -0.25) is 4.79 Å². The maximum absolute atomic E-state index is 12.7. The van der Waals surface area contributed by atoms with Crippen LogP contribution in [0.2, 0.25) is 0 Å². The number of unbranched alkanes of at least 4 members (excludes halogenated alkanes) is 11. The molecule has 0 aliphatic rings. The predicted molar refractivity (Wildman–Crippen MR) is 173 cm³/mol. The third-order valence-corrected chi connectivity index (χ3v) is 8.08. The molecular weight excluding hydrogens is 506 g/mol. The Morgan fingerprint density at radius 1 is 0.756 bits per heavy atom. The van der Waals surface area contributed by atoms with Crippen LogP contribution in [-0.4, -0.2) is 43.8 Å². The molecule has 230 valence electrons. The fourth-order valence-electron chi connectivity index (χ4n) is 5.39. The second kappa shape index (κ2) is 20.5. The molecule has 0 spiro atoms. The van der Waals surface area contributed by atoms with Crippen LogP contribution < -0.4 is 4.74 Å². The lowest BCUT2D eigenvalue weighted by molar-refractivity contribution is -0.904. The minimum Gasteiger partial charge on any atom is -0.487 e. The topological polar surface area (TPSA) is 35.5 Å². The number of rotatable bonds is 23. The Balaban J connectivity index is 1.61. The van der Waals surface area contributed by atoms with Crippen LogP contribution in [0.15, 0.2) is 54.6 Å². The van der Waals surface area contributed by atoms with E-state index in [9.17, 15) is 4.79 Å². The first-order chi connectivity index (χ1) is 19.8. The van der Waals surface area contributed by atoms with Crippen molar-refractivity contribution < 1.29 is 18.8 Å². The smallest absolute Gasteiger partial charge is 0.309 e. The summed E-state index contributed by atoms with van der Waals surface area (Å²) in [7, 11) is 4.44. The largest absolute Gasteiger partial charge is 0.487 e. The fraction of sp³-hybridized carbons (Fsp3) is 0.649. The summed E-state index contributed by atoms with van der Waals surface area (Å²) in [5.41, 5.74) is 2.57. The van der Waals surface area contributed by atoms with Crippen LogP contribution in [0.4, 0.5) is 0 Å². The zero-order valence-corrected chi connectivity index (χ0v) is 27.0. The van der Waals surface area contributed by atoms with Crippen LogP contribution in [0.25, 0.3) is 0 Å². The van der Waals surface area contributed by atoms with Crippen molar-refractivity contribution in [1.82, 2.24) is 0 Å². The summed E-state index contributed by atoms with van der Waals surface area (Å²) in [5, 5.41) is 0. The number of esters is 1. The minimum absolute atomic E-state index is 0.131. The number of nitrogens with zero attached hydrogens (tertiary/aromatic N) is 1. The molecule has 0 saturated heterocycles. The second-order valence-corrected chi connectivity index (χ2v) is 12.8. The Labute approximate surface area is 252 Å². The van der Waals surface area contributed by atoms with Crippen LogP contribution in [0.3, 0.4) is 0 Å². The number of benzene rings is 2. The summed E-state index contributed by atoms with van der Waals surface area (Å²) in [6, 6.07) is 18.9. The first kappa shape index (κ1) is 34.9. The summed E-state index contributed by atoms with van der Waals surface area (Å²) >= 11 is 0. The molecule has 0 radical (unpaired) electrons. The van der Waals surface area contributed by atoms with Crippen LogP contribution in [0.1, 0.15) is 115 Å². The normalized spacial score (nSPS) is 13.1. The maximum atomic E-state index is 12.7. The van der Waals surface area contributed by atoms with E-state index in [1.807, 2.05) is 32.0 Å². The fourth-order valence-corrected chi connectivity index (χ4v) is 5.39. The highest BCUT2D eigenvalue weighted by molar-refractivity contribution is 5.71. The molecule has 41 heavy (non-hydrogen) atoms. The van der Waals surface area contributed by atoms with Gasteiger partial charge in [0.15, 0.2) is 0 Å². The van der Waals surface area contributed by atoms with Crippen molar-refractivity contribution in [3.63, 3.8) is 0 Å². The number of aryl methyl sites for hydroxylation is 1. The van der Waals surface area contributed by atoms with Gasteiger partial charge in [0.25, 0.3) is 0 Å². The monoisotopic (exact) mass is 566 g/mol. The molecule has 2 unspecified atom stereocenters. The first-order valence-corrected chi connectivity index (χ1v) is 16.6. The first-order valence-electron chi connectivity index (χ1n) is 16.6. The highest BCUT2D eigenvalue weighted by Gasteiger charge is 2.22. The molecule has 2 aromatic carbocycles. The van der Waals surface area contributed by atoms with E-state index in [0.717, 1.165) is 36.2 Å². The summed E-state index contributed by atoms with van der Waals surface area (Å²) in [5.74, 6) is 0.658. The molecule has 0 bridgehead atoms. The van der Waals surface area contributed by atoms with Crippen molar-refractivity contribution in [3.8, 4) is 5.75 Å². The molecule has 4 nitrogen and oxygen atoms in total. The zero-order valence-electron chi connectivity index (χ0n) is 27.0. The van der Waals surface area contributed by atoms with Gasteiger partial charge in [0.1, 0.15) is 25.0 Å². The van der Waals surface area contributed by atoms with Crippen molar-refractivity contribution in [2.75, 3.05) is 27.2 Å². The van der Waals surface area contributed by atoms with E-state index in [1.165, 1.54) is 88.2 Å². The lowest BCUT2D eigenvalue weighted by atomic mass is 10.0. The molecule has 0 aliphatic heterocycles. The van der Waals surface area contributed by atoms with Crippen molar-refractivity contribution in [3.05, 3.63) is 65.7 Å². The molecule has 0 amide bonds. The lowest BCUT2D eigenvalue weighted by Gasteiger charge is -2.30. The van der Waals surface area contributed by atoms with Gasteiger partial charge in [0, 0.05) is 12.0 Å². The molecule has 0 aromatic heterocycles. The average molecular weight is 567 g/mol. The molecule has 2 rings (SSSR count). The molecule has 2 atom stereocenters. The minimum atomic E-state index is -0.181. The van der Waals surface area contributed by atoms with E-state index in [4.69, 9.17) is 9.47 Å². The summed E-state index contributed by atoms with van der Waals surface area (Å²) < 4.78 is 12.7. The molecular formula is C37H60NO3+. The van der Waals surface area contributed by atoms with E-state index >= 15 is 0 Å². The Morgan fingerprint density at radius 3 is 1.95 bits per heavy atom. The Bertz CT molecular complexity index is 942. The molecule has 0 heterocycles. The van der Waals surface area contributed by atoms with E-state index in [0.29, 0.717) is 0 Å². The number of carbonyl (C=O) groups is 1. The maximum Gasteiger partial charge on any atom is 0.309 e. The lowest BCUT2D eigenvalue weighted by Crippen LogP contribution is -2.40. The summed E-state index contributed by atoms with van der Waals surface area (Å²) in [6.45, 7) is 8.39. The van der Waals surface area contributed by atoms with Crippen LogP contribution in [0.5, 0.6) is 5.75 Å². The number of quaternary nitrogens is 1. The molecule has 0 saturated carbocycles. The molecule has 4 heteroatoms. The van der Waals surface area contributed by atoms with Gasteiger partial charge in [-0.2, -0.15) is 0 Å². The standard InChI is InChI=1S/C37H60NO3/c1-6-7-8-9-10-11-12-13-14-15-16-20-25-35-26-21-22-27-36(35)41-33(3)31-40-37(39)32(2)28-29-38(4,5)30-34-23-18-17-19-24-34/h17-19,21-24,26-27,32-33H,6-16,20,25,28-31H2,1-5H3/q+1. The van der Waals surface area contributed by atoms with Gasteiger partial charge in [-0.15, -0.1) is 0 Å². The van der Waals surface area contributed by atoms with Crippen LogP contribution in [-0.2, 0) is 22.5 Å². The number of hydrogen-bond donors (Lipinski definition) is 0. The Kier molecular flexibility index (Phi) is 17.5. The number of carbonyl (C=O) groups excluding carboxylic acids is 1. The highest BCUT2D eigenvalue weighted by atomic mass is 16.6. The van der Waals surface area contributed by atoms with E-state index in [2.05, 4.69) is 57.4 Å². The second-order valence-electron chi connectivity index (χ2n) is 12.8. The van der Waals surface area contributed by atoms with Gasteiger partial charge in [0.2, 0.25) is 0 Å². The van der Waals surface area contributed by atoms with Gasteiger partial charge in [-0.1, -0.05) is 133 Å². The van der Waals surface area contributed by atoms with Gasteiger partial charge in [-0.05, 0) is 31.4 Å². The number of hydrogen-bond acceptors (Lipinski definition) is 3. The van der Waals surface area contributed by atoms with Gasteiger partial charge in [0.05, 0.1) is 26.6 Å². The Morgan fingerprint density at radius 2 is 1.32 bits per heavy atom. The van der Waals surface area contributed by atoms with E-state index in [-0.39, 0.29) is 24.6 Å². The van der Waals surface area contributed by atoms with Crippen LogP contribution in [0, 0.1) is 5.92 Å². The third kappa shape index (κ3) is 16.0. The average Bonchev–Trinajstić information content (AvgIpc) is 2.96.